The van der Waals surface area contributed by atoms with E-state index < -0.39 is 58.1 Å². The Morgan fingerprint density at radius 1 is 1.54 bits per heavy atom. The SMILES string of the molecule is CC1=C(C(=O)O)N2C(=O)C(NC(=O)C[S+]([O-])C(F)(F)CF)[C@@H]2SC1. The van der Waals surface area contributed by atoms with Crippen LogP contribution in [0.2, 0.25) is 0 Å². The van der Waals surface area contributed by atoms with Gasteiger partial charge in [-0.1, -0.05) is 0 Å². The number of β-lactam (4-membered cyclic amide) rings is 1. The van der Waals surface area contributed by atoms with Gasteiger partial charge in [-0.05, 0) is 12.5 Å². The number of hydrogen-bond acceptors (Lipinski definition) is 5. The molecule has 2 aliphatic heterocycles. The number of hydrogen-bond donors (Lipinski definition) is 2. The molecular weight excluding hydrogens is 373 g/mol. The number of fused-ring (bicyclic) bond motifs is 1. The van der Waals surface area contributed by atoms with Crippen LogP contribution in [0.15, 0.2) is 11.3 Å². The van der Waals surface area contributed by atoms with Crippen LogP contribution < -0.4 is 5.32 Å². The van der Waals surface area contributed by atoms with Crippen molar-refractivity contribution in [3.8, 4) is 0 Å². The number of nitrogens with zero attached hydrogens (tertiary/aromatic N) is 1. The van der Waals surface area contributed by atoms with Crippen LogP contribution in [0.1, 0.15) is 6.92 Å². The summed E-state index contributed by atoms with van der Waals surface area (Å²) in [4.78, 5) is 35.9. The Morgan fingerprint density at radius 2 is 2.17 bits per heavy atom. The Morgan fingerprint density at radius 3 is 2.71 bits per heavy atom. The lowest BCUT2D eigenvalue weighted by atomic mass is 10.0. The molecule has 2 rings (SSSR count). The predicted molar refractivity (Wildman–Crippen MR) is 79.3 cm³/mol. The van der Waals surface area contributed by atoms with Gasteiger partial charge in [0.15, 0.2) is 5.75 Å². The first-order valence-corrected chi connectivity index (χ1v) is 8.96. The van der Waals surface area contributed by atoms with Crippen molar-refractivity contribution >= 4 is 40.7 Å². The molecule has 24 heavy (non-hydrogen) atoms. The van der Waals surface area contributed by atoms with Gasteiger partial charge in [-0.2, -0.15) is 8.78 Å². The summed E-state index contributed by atoms with van der Waals surface area (Å²) in [6.45, 7) is -0.596. The minimum Gasteiger partial charge on any atom is -0.611 e. The Hall–Kier alpha value is -1.40. The van der Waals surface area contributed by atoms with Crippen molar-refractivity contribution in [2.45, 2.75) is 23.6 Å². The highest BCUT2D eigenvalue weighted by Gasteiger charge is 2.54. The first-order valence-electron chi connectivity index (χ1n) is 6.59. The molecule has 1 fully saturated rings. The van der Waals surface area contributed by atoms with E-state index in [0.29, 0.717) is 11.3 Å². The molecule has 0 aromatic rings. The number of nitrogens with one attached hydrogen (secondary N) is 1. The smallest absolute Gasteiger partial charge is 0.435 e. The number of aliphatic carboxylic acids is 1. The molecule has 2 unspecified atom stereocenters. The van der Waals surface area contributed by atoms with Gasteiger partial charge in [0.25, 0.3) is 11.8 Å². The van der Waals surface area contributed by atoms with Crippen molar-refractivity contribution in [1.82, 2.24) is 10.2 Å². The van der Waals surface area contributed by atoms with Crippen molar-refractivity contribution in [2.24, 2.45) is 0 Å². The standard InChI is InChI=1S/C12H13F3N2O5S2/c1-5-2-23-10-7(9(19)17(10)8(5)11(20)21)16-6(18)3-24(22)12(14,15)4-13/h7,10H,2-4H2,1H3,(H,16,18)(H,20,21)/t7?,10-,24?/m0/s1. The van der Waals surface area contributed by atoms with Gasteiger partial charge < -0.3 is 15.0 Å². The van der Waals surface area contributed by atoms with E-state index in [4.69, 9.17) is 5.11 Å². The molecule has 0 spiro atoms. The average Bonchev–Trinajstić information content (AvgIpc) is 2.51. The molecular formula is C12H13F3N2O5S2. The fourth-order valence-electron chi connectivity index (χ4n) is 2.28. The molecule has 0 aromatic carbocycles. The predicted octanol–water partition coefficient (Wildman–Crippen LogP) is 0.0559. The number of carboxylic acids is 1. The second kappa shape index (κ2) is 6.84. The van der Waals surface area contributed by atoms with Crippen LogP contribution in [-0.4, -0.2) is 67.2 Å². The first-order chi connectivity index (χ1) is 11.1. The van der Waals surface area contributed by atoms with E-state index in [2.05, 4.69) is 5.32 Å². The maximum Gasteiger partial charge on any atom is 0.435 e. The second-order valence-corrected chi connectivity index (χ2v) is 7.83. The Labute approximate surface area is 141 Å². The minimum atomic E-state index is -4.14. The molecule has 2 amide bonds. The topological polar surface area (TPSA) is 110 Å². The summed E-state index contributed by atoms with van der Waals surface area (Å²) in [6.07, 6.45) is 0. The zero-order chi connectivity index (χ0) is 18.2. The fraction of sp³-hybridized carbons (Fsp3) is 0.583. The first kappa shape index (κ1) is 18.9. The molecule has 1 saturated heterocycles. The van der Waals surface area contributed by atoms with Crippen molar-refractivity contribution in [3.05, 3.63) is 11.3 Å². The molecule has 7 nitrogen and oxygen atoms in total. The van der Waals surface area contributed by atoms with Crippen LogP contribution >= 0.6 is 11.8 Å². The molecule has 0 radical (unpaired) electrons. The molecule has 3 atom stereocenters. The molecule has 0 saturated carbocycles. The summed E-state index contributed by atoms with van der Waals surface area (Å²) in [5, 5.41) is 6.49. The van der Waals surface area contributed by atoms with Crippen LogP contribution in [0, 0.1) is 0 Å². The number of rotatable bonds is 6. The molecule has 0 aliphatic carbocycles. The van der Waals surface area contributed by atoms with Crippen LogP contribution in [0.3, 0.4) is 0 Å². The lowest BCUT2D eigenvalue weighted by Gasteiger charge is -2.49. The van der Waals surface area contributed by atoms with E-state index in [1.54, 1.807) is 6.92 Å². The van der Waals surface area contributed by atoms with Gasteiger partial charge in [0.1, 0.15) is 17.1 Å². The molecule has 0 bridgehead atoms. The zero-order valence-electron chi connectivity index (χ0n) is 12.3. The van der Waals surface area contributed by atoms with Gasteiger partial charge >= 0.3 is 11.2 Å². The van der Waals surface area contributed by atoms with Crippen LogP contribution in [0.4, 0.5) is 13.2 Å². The van der Waals surface area contributed by atoms with E-state index in [1.165, 1.54) is 11.8 Å². The summed E-state index contributed by atoms with van der Waals surface area (Å²) in [5.74, 6) is -3.89. The number of halogens is 3. The Kier molecular flexibility index (Phi) is 5.40. The van der Waals surface area contributed by atoms with E-state index in [1.807, 2.05) is 0 Å². The van der Waals surface area contributed by atoms with Crippen molar-refractivity contribution in [1.29, 1.82) is 0 Å². The monoisotopic (exact) mass is 386 g/mol. The number of carbonyl (C=O) groups is 3. The number of amides is 2. The third-order valence-corrected chi connectivity index (χ3v) is 6.15. The van der Waals surface area contributed by atoms with E-state index in [0.717, 1.165) is 4.90 Å². The van der Waals surface area contributed by atoms with Crippen LogP contribution in [0.25, 0.3) is 0 Å². The normalized spacial score (nSPS) is 25.0. The zero-order valence-corrected chi connectivity index (χ0v) is 13.9. The number of alkyl halides is 3. The lowest BCUT2D eigenvalue weighted by Crippen LogP contribution is -2.70. The van der Waals surface area contributed by atoms with E-state index in [9.17, 15) is 32.1 Å². The van der Waals surface area contributed by atoms with E-state index >= 15 is 0 Å². The summed E-state index contributed by atoms with van der Waals surface area (Å²) in [7, 11) is 0. The largest absolute Gasteiger partial charge is 0.611 e. The van der Waals surface area contributed by atoms with Crippen LogP contribution in [0.5, 0.6) is 0 Å². The van der Waals surface area contributed by atoms with Gasteiger partial charge in [-0.15, -0.1) is 11.8 Å². The molecule has 2 N–H and O–H groups in total. The lowest BCUT2D eigenvalue weighted by molar-refractivity contribution is -0.150. The Bertz CT molecular complexity index is 616. The highest BCUT2D eigenvalue weighted by Crippen LogP contribution is 2.40. The molecule has 134 valence electrons. The molecule has 2 aliphatic rings. The van der Waals surface area contributed by atoms with Gasteiger partial charge in [0.05, 0.1) is 0 Å². The summed E-state index contributed by atoms with van der Waals surface area (Å²) < 4.78 is 49.0. The van der Waals surface area contributed by atoms with Gasteiger partial charge in [-0.3, -0.25) is 14.5 Å². The Balaban J connectivity index is 2.01. The van der Waals surface area contributed by atoms with Gasteiger partial charge in [0.2, 0.25) is 6.67 Å². The second-order valence-electron chi connectivity index (χ2n) is 5.15. The number of carboxylic acid groups (broad SMARTS) is 1. The number of carbonyl (C=O) groups excluding carboxylic acids is 2. The van der Waals surface area contributed by atoms with Gasteiger partial charge in [0, 0.05) is 16.9 Å². The third-order valence-electron chi connectivity index (χ3n) is 3.43. The summed E-state index contributed by atoms with van der Waals surface area (Å²) in [5.41, 5.74) is 0.326. The minimum absolute atomic E-state index is 0.165. The fourth-order valence-corrected chi connectivity index (χ4v) is 4.22. The summed E-state index contributed by atoms with van der Waals surface area (Å²) in [6, 6.07) is -1.10. The van der Waals surface area contributed by atoms with Crippen LogP contribution in [-0.2, 0) is 25.6 Å². The van der Waals surface area contributed by atoms with E-state index in [-0.39, 0.29) is 5.70 Å². The highest BCUT2D eigenvalue weighted by molar-refractivity contribution is 8.00. The highest BCUT2D eigenvalue weighted by atomic mass is 32.2. The quantitative estimate of drug-likeness (QED) is 0.493. The molecule has 0 aromatic heterocycles. The molecule has 2 heterocycles. The third kappa shape index (κ3) is 3.35. The average molecular weight is 386 g/mol. The molecule has 12 heteroatoms. The maximum absolute atomic E-state index is 12.9. The van der Waals surface area contributed by atoms with Crippen molar-refractivity contribution in [3.63, 3.8) is 0 Å². The summed E-state index contributed by atoms with van der Waals surface area (Å²) >= 11 is -1.84. The van der Waals surface area contributed by atoms with Gasteiger partial charge in [-0.25, -0.2) is 9.18 Å². The van der Waals surface area contributed by atoms with Crippen molar-refractivity contribution in [2.75, 3.05) is 18.2 Å². The number of thioether (sulfide) groups is 1. The maximum atomic E-state index is 12.9. The van der Waals surface area contributed by atoms with Crippen molar-refractivity contribution < 1.29 is 37.2 Å².